The molecular formula is C14H17N3O2. The van der Waals surface area contributed by atoms with Gasteiger partial charge in [0.25, 0.3) is 5.91 Å². The number of nitrogens with zero attached hydrogens (tertiary/aromatic N) is 1. The van der Waals surface area contributed by atoms with Crippen LogP contribution >= 0.6 is 0 Å². The Kier molecular flexibility index (Phi) is 4.18. The fraction of sp³-hybridized carbons (Fsp3) is 0.286. The minimum Gasteiger partial charge on any atom is -0.469 e. The number of hydrogen-bond acceptors (Lipinski definition) is 4. The number of anilines is 1. The van der Waals surface area contributed by atoms with Crippen LogP contribution in [0.2, 0.25) is 0 Å². The molecular weight excluding hydrogens is 242 g/mol. The average molecular weight is 259 g/mol. The molecule has 0 saturated heterocycles. The molecule has 0 fully saturated rings. The minimum absolute atomic E-state index is 0.0391. The molecule has 100 valence electrons. The van der Waals surface area contributed by atoms with E-state index in [0.29, 0.717) is 5.56 Å². The Morgan fingerprint density at radius 2 is 2.32 bits per heavy atom. The number of carbonyl (C=O) groups is 1. The lowest BCUT2D eigenvalue weighted by atomic mass is 10.1. The van der Waals surface area contributed by atoms with Crippen LogP contribution in [0, 0.1) is 0 Å². The molecule has 2 heterocycles. The second kappa shape index (κ2) is 6.04. The van der Waals surface area contributed by atoms with Gasteiger partial charge in [-0.05, 0) is 37.6 Å². The van der Waals surface area contributed by atoms with E-state index in [1.54, 1.807) is 24.6 Å². The number of aromatic nitrogens is 1. The molecule has 0 aliphatic heterocycles. The molecule has 5 nitrogen and oxygen atoms in total. The van der Waals surface area contributed by atoms with E-state index < -0.39 is 0 Å². The summed E-state index contributed by atoms with van der Waals surface area (Å²) in [6.45, 7) is 1.95. The van der Waals surface area contributed by atoms with Gasteiger partial charge in [-0.25, -0.2) is 4.98 Å². The first-order valence-electron chi connectivity index (χ1n) is 6.20. The largest absolute Gasteiger partial charge is 0.469 e. The molecule has 0 aliphatic rings. The average Bonchev–Trinajstić information content (AvgIpc) is 2.90. The Labute approximate surface area is 111 Å². The van der Waals surface area contributed by atoms with Crippen molar-refractivity contribution in [1.82, 2.24) is 10.3 Å². The summed E-state index contributed by atoms with van der Waals surface area (Å²) in [5.41, 5.74) is 6.07. The Morgan fingerprint density at radius 3 is 3.00 bits per heavy atom. The van der Waals surface area contributed by atoms with Gasteiger partial charge in [-0.2, -0.15) is 0 Å². The fourth-order valence-electron chi connectivity index (χ4n) is 1.80. The molecule has 0 radical (unpaired) electrons. The molecule has 3 N–H and O–H groups in total. The third kappa shape index (κ3) is 3.58. The van der Waals surface area contributed by atoms with E-state index in [0.717, 1.165) is 18.6 Å². The molecule has 2 rings (SSSR count). The molecule has 0 aromatic carbocycles. The lowest BCUT2D eigenvalue weighted by Gasteiger charge is -2.13. The van der Waals surface area contributed by atoms with Crippen LogP contribution in [-0.2, 0) is 6.42 Å². The SMILES string of the molecule is CC(CCc1ccco1)NC(=O)c1cccnc1N. The van der Waals surface area contributed by atoms with Crippen molar-refractivity contribution in [2.45, 2.75) is 25.8 Å². The first kappa shape index (κ1) is 13.1. The predicted octanol–water partition coefficient (Wildman–Crippen LogP) is 2.01. The van der Waals surface area contributed by atoms with Crippen LogP contribution in [0.25, 0.3) is 0 Å². The van der Waals surface area contributed by atoms with Gasteiger partial charge in [0.15, 0.2) is 0 Å². The van der Waals surface area contributed by atoms with E-state index in [4.69, 9.17) is 10.2 Å². The smallest absolute Gasteiger partial charge is 0.255 e. The second-order valence-corrected chi connectivity index (χ2v) is 4.43. The highest BCUT2D eigenvalue weighted by Gasteiger charge is 2.13. The summed E-state index contributed by atoms with van der Waals surface area (Å²) in [6.07, 6.45) is 4.80. The molecule has 2 aromatic rings. The highest BCUT2D eigenvalue weighted by atomic mass is 16.3. The van der Waals surface area contributed by atoms with Crippen molar-refractivity contribution in [2.24, 2.45) is 0 Å². The van der Waals surface area contributed by atoms with Crippen molar-refractivity contribution in [2.75, 3.05) is 5.73 Å². The number of carbonyl (C=O) groups excluding carboxylic acids is 1. The molecule has 0 bridgehead atoms. The van der Waals surface area contributed by atoms with Crippen molar-refractivity contribution in [3.05, 3.63) is 48.0 Å². The van der Waals surface area contributed by atoms with E-state index in [1.807, 2.05) is 19.1 Å². The number of nitrogens with two attached hydrogens (primary N) is 1. The summed E-state index contributed by atoms with van der Waals surface area (Å²) in [6, 6.07) is 7.18. The summed E-state index contributed by atoms with van der Waals surface area (Å²) in [5, 5.41) is 2.90. The zero-order valence-corrected chi connectivity index (χ0v) is 10.8. The molecule has 19 heavy (non-hydrogen) atoms. The van der Waals surface area contributed by atoms with Gasteiger partial charge in [0.2, 0.25) is 0 Å². The van der Waals surface area contributed by atoms with Crippen LogP contribution in [0.5, 0.6) is 0 Å². The number of furan rings is 1. The molecule has 2 aromatic heterocycles. The standard InChI is InChI=1S/C14H17N3O2/c1-10(6-7-11-4-3-9-19-11)17-14(18)12-5-2-8-16-13(12)15/h2-5,8-10H,6-7H2,1H3,(H2,15,16)(H,17,18). The number of hydrogen-bond donors (Lipinski definition) is 2. The summed E-state index contributed by atoms with van der Waals surface area (Å²) in [5.74, 6) is 0.970. The van der Waals surface area contributed by atoms with Crippen LogP contribution < -0.4 is 11.1 Å². The Balaban J connectivity index is 1.87. The number of aryl methyl sites for hydroxylation is 1. The van der Waals surface area contributed by atoms with Crippen molar-refractivity contribution >= 4 is 11.7 Å². The van der Waals surface area contributed by atoms with Crippen molar-refractivity contribution < 1.29 is 9.21 Å². The highest BCUT2D eigenvalue weighted by molar-refractivity contribution is 5.98. The van der Waals surface area contributed by atoms with E-state index in [9.17, 15) is 4.79 Å². The van der Waals surface area contributed by atoms with Crippen LogP contribution in [0.4, 0.5) is 5.82 Å². The first-order chi connectivity index (χ1) is 9.16. The quantitative estimate of drug-likeness (QED) is 0.860. The van der Waals surface area contributed by atoms with Gasteiger partial charge in [0.05, 0.1) is 11.8 Å². The van der Waals surface area contributed by atoms with E-state index in [1.165, 1.54) is 0 Å². The van der Waals surface area contributed by atoms with Gasteiger partial charge in [0, 0.05) is 18.7 Å². The molecule has 0 spiro atoms. The molecule has 1 atom stereocenters. The number of amides is 1. The lowest BCUT2D eigenvalue weighted by Crippen LogP contribution is -2.33. The van der Waals surface area contributed by atoms with E-state index >= 15 is 0 Å². The van der Waals surface area contributed by atoms with Gasteiger partial charge >= 0.3 is 0 Å². The number of pyridine rings is 1. The fourth-order valence-corrected chi connectivity index (χ4v) is 1.80. The molecule has 0 aliphatic carbocycles. The molecule has 5 heteroatoms. The first-order valence-corrected chi connectivity index (χ1v) is 6.20. The molecule has 0 saturated carbocycles. The number of rotatable bonds is 5. The zero-order chi connectivity index (χ0) is 13.7. The van der Waals surface area contributed by atoms with E-state index in [-0.39, 0.29) is 17.8 Å². The van der Waals surface area contributed by atoms with Crippen LogP contribution in [0.1, 0.15) is 29.5 Å². The topological polar surface area (TPSA) is 81.2 Å². The summed E-state index contributed by atoms with van der Waals surface area (Å²) >= 11 is 0. The maximum Gasteiger partial charge on any atom is 0.255 e. The van der Waals surface area contributed by atoms with Gasteiger partial charge in [0.1, 0.15) is 11.6 Å². The van der Waals surface area contributed by atoms with Gasteiger partial charge in [-0.3, -0.25) is 4.79 Å². The third-order valence-electron chi connectivity index (χ3n) is 2.86. The minimum atomic E-state index is -0.197. The monoisotopic (exact) mass is 259 g/mol. The third-order valence-corrected chi connectivity index (χ3v) is 2.86. The molecule has 1 amide bonds. The predicted molar refractivity (Wildman–Crippen MR) is 72.6 cm³/mol. The zero-order valence-electron chi connectivity index (χ0n) is 10.8. The second-order valence-electron chi connectivity index (χ2n) is 4.43. The maximum atomic E-state index is 12.0. The Hall–Kier alpha value is -2.30. The molecule has 1 unspecified atom stereocenters. The van der Waals surface area contributed by atoms with Crippen molar-refractivity contribution in [1.29, 1.82) is 0 Å². The summed E-state index contributed by atoms with van der Waals surface area (Å²) in [7, 11) is 0. The van der Waals surface area contributed by atoms with Crippen molar-refractivity contribution in [3.63, 3.8) is 0 Å². The van der Waals surface area contributed by atoms with E-state index in [2.05, 4.69) is 10.3 Å². The highest BCUT2D eigenvalue weighted by Crippen LogP contribution is 2.09. The Morgan fingerprint density at radius 1 is 1.47 bits per heavy atom. The van der Waals surface area contributed by atoms with Crippen LogP contribution in [-0.4, -0.2) is 16.9 Å². The maximum absolute atomic E-state index is 12.0. The normalized spacial score (nSPS) is 12.1. The number of nitrogens with one attached hydrogen (secondary N) is 1. The van der Waals surface area contributed by atoms with Crippen molar-refractivity contribution in [3.8, 4) is 0 Å². The summed E-state index contributed by atoms with van der Waals surface area (Å²) < 4.78 is 5.25. The van der Waals surface area contributed by atoms with Gasteiger partial charge < -0.3 is 15.5 Å². The van der Waals surface area contributed by atoms with Gasteiger partial charge in [-0.15, -0.1) is 0 Å². The lowest BCUT2D eigenvalue weighted by molar-refractivity contribution is 0.0938. The van der Waals surface area contributed by atoms with Crippen LogP contribution in [0.15, 0.2) is 41.1 Å². The van der Waals surface area contributed by atoms with Crippen LogP contribution in [0.3, 0.4) is 0 Å². The summed E-state index contributed by atoms with van der Waals surface area (Å²) in [4.78, 5) is 15.9. The Bertz CT molecular complexity index is 537. The van der Waals surface area contributed by atoms with Gasteiger partial charge in [-0.1, -0.05) is 0 Å². The number of nitrogen functional groups attached to an aromatic ring is 1.